The highest BCUT2D eigenvalue weighted by Crippen LogP contribution is 2.25. The normalized spacial score (nSPS) is 11.8. The first-order valence-corrected chi connectivity index (χ1v) is 8.91. The number of methoxy groups -OCH3 is 1. The van der Waals surface area contributed by atoms with Crippen LogP contribution in [0.5, 0.6) is 0 Å². The molecule has 0 spiro atoms. The number of pyridine rings is 1. The maximum Gasteiger partial charge on any atom is 0.244 e. The second-order valence-electron chi connectivity index (χ2n) is 4.62. The van der Waals surface area contributed by atoms with E-state index >= 15 is 0 Å². The van der Waals surface area contributed by atoms with Gasteiger partial charge in [-0.1, -0.05) is 18.2 Å². The van der Waals surface area contributed by atoms with Gasteiger partial charge in [0, 0.05) is 37.1 Å². The molecule has 0 bridgehead atoms. The lowest BCUT2D eigenvalue weighted by molar-refractivity contribution is 0.177. The average Bonchev–Trinajstić information content (AvgIpc) is 2.52. The molecule has 0 fully saturated rings. The van der Waals surface area contributed by atoms with Crippen LogP contribution in [-0.4, -0.2) is 38.0 Å². The molecular formula is C15H17BrN2O3S. The fraction of sp³-hybridized carbons (Fsp3) is 0.267. The van der Waals surface area contributed by atoms with E-state index in [1.165, 1.54) is 4.31 Å². The van der Waals surface area contributed by atoms with Crippen LogP contribution < -0.4 is 0 Å². The predicted octanol–water partition coefficient (Wildman–Crippen LogP) is 2.68. The molecule has 7 heteroatoms. The van der Waals surface area contributed by atoms with Gasteiger partial charge in [-0.2, -0.15) is 4.31 Å². The topological polar surface area (TPSA) is 59.5 Å². The highest BCUT2D eigenvalue weighted by Gasteiger charge is 2.26. The number of hydrogen-bond acceptors (Lipinski definition) is 4. The third-order valence-corrected chi connectivity index (χ3v) is 5.94. The first-order chi connectivity index (χ1) is 10.6. The molecule has 0 unspecified atom stereocenters. The van der Waals surface area contributed by atoms with Crippen molar-refractivity contribution in [3.63, 3.8) is 0 Å². The standard InChI is InChI=1S/C15H17BrN2O3S/c1-21-10-9-18(12-13-5-4-8-17-11-13)22(19,20)15-7-3-2-6-14(15)16/h2-8,11H,9-10,12H2,1H3. The first-order valence-electron chi connectivity index (χ1n) is 6.68. The van der Waals surface area contributed by atoms with Gasteiger partial charge in [0.2, 0.25) is 10.0 Å². The molecule has 0 atom stereocenters. The zero-order chi connectivity index (χ0) is 16.0. The summed E-state index contributed by atoms with van der Waals surface area (Å²) in [6.07, 6.45) is 3.32. The van der Waals surface area contributed by atoms with Crippen molar-refractivity contribution in [1.82, 2.24) is 9.29 Å². The molecule has 118 valence electrons. The Morgan fingerprint density at radius 2 is 2.00 bits per heavy atom. The Hall–Kier alpha value is -1.28. The van der Waals surface area contributed by atoms with Gasteiger partial charge < -0.3 is 4.74 Å². The Morgan fingerprint density at radius 1 is 1.23 bits per heavy atom. The van der Waals surface area contributed by atoms with Crippen molar-refractivity contribution in [3.8, 4) is 0 Å². The van der Waals surface area contributed by atoms with E-state index in [1.54, 1.807) is 49.8 Å². The summed E-state index contributed by atoms with van der Waals surface area (Å²) in [5.41, 5.74) is 0.828. The van der Waals surface area contributed by atoms with E-state index in [-0.39, 0.29) is 18.0 Å². The van der Waals surface area contributed by atoms with Gasteiger partial charge in [0.25, 0.3) is 0 Å². The Morgan fingerprint density at radius 3 is 2.64 bits per heavy atom. The molecule has 1 aromatic carbocycles. The van der Waals surface area contributed by atoms with Crippen LogP contribution in [0.2, 0.25) is 0 Å². The molecule has 2 rings (SSSR count). The minimum atomic E-state index is -3.62. The number of benzene rings is 1. The molecule has 5 nitrogen and oxygen atoms in total. The van der Waals surface area contributed by atoms with Crippen LogP contribution in [0.1, 0.15) is 5.56 Å². The number of sulfonamides is 1. The summed E-state index contributed by atoms with van der Waals surface area (Å²) in [5, 5.41) is 0. The van der Waals surface area contributed by atoms with Crippen LogP contribution in [0.25, 0.3) is 0 Å². The minimum Gasteiger partial charge on any atom is -0.383 e. The largest absolute Gasteiger partial charge is 0.383 e. The van der Waals surface area contributed by atoms with Gasteiger partial charge in [0.05, 0.1) is 11.5 Å². The molecule has 1 aromatic heterocycles. The van der Waals surface area contributed by atoms with Gasteiger partial charge in [-0.15, -0.1) is 0 Å². The molecular weight excluding hydrogens is 368 g/mol. The maximum atomic E-state index is 12.9. The molecule has 1 heterocycles. The highest BCUT2D eigenvalue weighted by atomic mass is 79.9. The van der Waals surface area contributed by atoms with Gasteiger partial charge in [0.1, 0.15) is 0 Å². The Kier molecular flexibility index (Phi) is 6.07. The van der Waals surface area contributed by atoms with Crippen molar-refractivity contribution in [2.24, 2.45) is 0 Å². The molecule has 22 heavy (non-hydrogen) atoms. The number of nitrogens with zero attached hydrogens (tertiary/aromatic N) is 2. The number of ether oxygens (including phenoxy) is 1. The van der Waals surface area contributed by atoms with E-state index < -0.39 is 10.0 Å². The van der Waals surface area contributed by atoms with Gasteiger partial charge in [0.15, 0.2) is 0 Å². The van der Waals surface area contributed by atoms with Gasteiger partial charge in [-0.05, 0) is 39.7 Å². The zero-order valence-electron chi connectivity index (χ0n) is 12.1. The summed E-state index contributed by atoms with van der Waals surface area (Å²) in [7, 11) is -2.07. The van der Waals surface area contributed by atoms with E-state index in [9.17, 15) is 8.42 Å². The Bertz CT molecular complexity index is 708. The van der Waals surface area contributed by atoms with Crippen LogP contribution in [0, 0.1) is 0 Å². The van der Waals surface area contributed by atoms with Crippen LogP contribution in [0.4, 0.5) is 0 Å². The number of rotatable bonds is 7. The van der Waals surface area contributed by atoms with E-state index in [0.29, 0.717) is 11.1 Å². The lowest BCUT2D eigenvalue weighted by atomic mass is 10.3. The van der Waals surface area contributed by atoms with Crippen molar-refractivity contribution >= 4 is 26.0 Å². The molecule has 0 aliphatic rings. The number of hydrogen-bond donors (Lipinski definition) is 0. The maximum absolute atomic E-state index is 12.9. The molecule has 0 aliphatic heterocycles. The van der Waals surface area contributed by atoms with Crippen molar-refractivity contribution < 1.29 is 13.2 Å². The van der Waals surface area contributed by atoms with E-state index in [1.807, 2.05) is 6.07 Å². The van der Waals surface area contributed by atoms with E-state index in [4.69, 9.17) is 4.74 Å². The molecule has 0 saturated carbocycles. The van der Waals surface area contributed by atoms with Crippen molar-refractivity contribution in [1.29, 1.82) is 0 Å². The van der Waals surface area contributed by atoms with Crippen LogP contribution in [0.15, 0.2) is 58.2 Å². The second-order valence-corrected chi connectivity index (χ2v) is 7.38. The molecule has 0 amide bonds. The predicted molar refractivity (Wildman–Crippen MR) is 87.9 cm³/mol. The zero-order valence-corrected chi connectivity index (χ0v) is 14.5. The quantitative estimate of drug-likeness (QED) is 0.736. The Balaban J connectivity index is 2.33. The van der Waals surface area contributed by atoms with Crippen LogP contribution >= 0.6 is 15.9 Å². The summed E-state index contributed by atoms with van der Waals surface area (Å²) >= 11 is 3.30. The monoisotopic (exact) mass is 384 g/mol. The summed E-state index contributed by atoms with van der Waals surface area (Å²) in [6, 6.07) is 10.4. The molecule has 0 N–H and O–H groups in total. The third kappa shape index (κ3) is 4.13. The molecule has 0 saturated heterocycles. The first kappa shape index (κ1) is 17.1. The van der Waals surface area contributed by atoms with Gasteiger partial charge in [-0.3, -0.25) is 4.98 Å². The second kappa shape index (κ2) is 7.82. The van der Waals surface area contributed by atoms with E-state index in [2.05, 4.69) is 20.9 Å². The molecule has 2 aromatic rings. The number of aromatic nitrogens is 1. The SMILES string of the molecule is COCCN(Cc1cccnc1)S(=O)(=O)c1ccccc1Br. The van der Waals surface area contributed by atoms with Crippen molar-refractivity contribution in [2.45, 2.75) is 11.4 Å². The van der Waals surface area contributed by atoms with Gasteiger partial charge in [-0.25, -0.2) is 8.42 Å². The fourth-order valence-electron chi connectivity index (χ4n) is 1.97. The summed E-state index contributed by atoms with van der Waals surface area (Å²) in [6.45, 7) is 0.847. The lowest BCUT2D eigenvalue weighted by Crippen LogP contribution is -2.33. The molecule has 0 radical (unpaired) electrons. The average molecular weight is 385 g/mol. The minimum absolute atomic E-state index is 0.245. The summed E-state index contributed by atoms with van der Waals surface area (Å²) in [5.74, 6) is 0. The summed E-state index contributed by atoms with van der Waals surface area (Å²) < 4.78 is 32.7. The van der Waals surface area contributed by atoms with Crippen LogP contribution in [-0.2, 0) is 21.3 Å². The van der Waals surface area contributed by atoms with Crippen molar-refractivity contribution in [2.75, 3.05) is 20.3 Å². The van der Waals surface area contributed by atoms with Gasteiger partial charge >= 0.3 is 0 Å². The van der Waals surface area contributed by atoms with Crippen LogP contribution in [0.3, 0.4) is 0 Å². The smallest absolute Gasteiger partial charge is 0.244 e. The Labute approximate surface area is 139 Å². The molecule has 0 aliphatic carbocycles. The highest BCUT2D eigenvalue weighted by molar-refractivity contribution is 9.10. The fourth-order valence-corrected chi connectivity index (χ4v) is 4.34. The summed E-state index contributed by atoms with van der Waals surface area (Å²) in [4.78, 5) is 4.27. The third-order valence-electron chi connectivity index (χ3n) is 3.08. The lowest BCUT2D eigenvalue weighted by Gasteiger charge is -2.22. The van der Waals surface area contributed by atoms with E-state index in [0.717, 1.165) is 5.56 Å². The number of halogens is 1. The van der Waals surface area contributed by atoms with Crippen molar-refractivity contribution in [3.05, 3.63) is 58.8 Å².